The van der Waals surface area contributed by atoms with E-state index in [1.165, 1.54) is 6.20 Å². The van der Waals surface area contributed by atoms with Gasteiger partial charge in [-0.1, -0.05) is 30.3 Å². The monoisotopic (exact) mass is 298 g/mol. The van der Waals surface area contributed by atoms with E-state index in [0.29, 0.717) is 25.9 Å². The maximum atomic E-state index is 10.8. The van der Waals surface area contributed by atoms with E-state index in [-0.39, 0.29) is 5.56 Å². The van der Waals surface area contributed by atoms with Crippen molar-refractivity contribution in [1.82, 2.24) is 4.98 Å². The normalized spacial score (nSPS) is 17.2. The van der Waals surface area contributed by atoms with Crippen molar-refractivity contribution in [3.8, 4) is 0 Å². The maximum absolute atomic E-state index is 10.8. The van der Waals surface area contributed by atoms with Crippen LogP contribution in [0.5, 0.6) is 0 Å². The van der Waals surface area contributed by atoms with Crippen LogP contribution in [-0.2, 0) is 5.60 Å². The fraction of sp³-hybridized carbons (Fsp3) is 0.294. The highest BCUT2D eigenvalue weighted by Crippen LogP contribution is 2.33. The van der Waals surface area contributed by atoms with Crippen molar-refractivity contribution in [2.75, 3.05) is 18.0 Å². The third kappa shape index (κ3) is 2.80. The molecular weight excluding hydrogens is 280 g/mol. The molecular formula is C17H18N2O3. The number of rotatable bonds is 3. The first-order valence-electron chi connectivity index (χ1n) is 7.31. The third-order valence-electron chi connectivity index (χ3n) is 4.22. The molecule has 1 fully saturated rings. The van der Waals surface area contributed by atoms with Gasteiger partial charge in [-0.05, 0) is 30.5 Å². The molecule has 1 aliphatic rings. The zero-order chi connectivity index (χ0) is 15.6. The van der Waals surface area contributed by atoms with Gasteiger partial charge in [0.2, 0.25) is 0 Å². The number of hydrogen-bond donors (Lipinski definition) is 2. The van der Waals surface area contributed by atoms with Crippen LogP contribution >= 0.6 is 0 Å². The summed E-state index contributed by atoms with van der Waals surface area (Å²) in [5.41, 5.74) is 0.337. The van der Waals surface area contributed by atoms with Crippen LogP contribution < -0.4 is 4.90 Å². The van der Waals surface area contributed by atoms with E-state index in [2.05, 4.69) is 9.88 Å². The van der Waals surface area contributed by atoms with Gasteiger partial charge in [-0.15, -0.1) is 0 Å². The summed E-state index contributed by atoms with van der Waals surface area (Å²) in [7, 11) is 0. The van der Waals surface area contributed by atoms with E-state index >= 15 is 0 Å². The second-order valence-corrected chi connectivity index (χ2v) is 5.59. The van der Waals surface area contributed by atoms with Crippen LogP contribution in [0.15, 0.2) is 48.7 Å². The number of carboxylic acid groups (broad SMARTS) is 1. The highest BCUT2D eigenvalue weighted by Gasteiger charge is 2.34. The summed E-state index contributed by atoms with van der Waals surface area (Å²) in [6.45, 7) is 1.37. The number of carboxylic acids is 1. The molecule has 1 aromatic carbocycles. The molecule has 0 bridgehead atoms. The van der Waals surface area contributed by atoms with Gasteiger partial charge in [0.15, 0.2) is 0 Å². The average molecular weight is 298 g/mol. The van der Waals surface area contributed by atoms with E-state index in [4.69, 9.17) is 5.11 Å². The molecule has 22 heavy (non-hydrogen) atoms. The first kappa shape index (κ1) is 14.5. The average Bonchev–Trinajstić information content (AvgIpc) is 2.56. The van der Waals surface area contributed by atoms with Gasteiger partial charge < -0.3 is 15.1 Å². The van der Waals surface area contributed by atoms with E-state index < -0.39 is 11.6 Å². The minimum atomic E-state index is -0.976. The lowest BCUT2D eigenvalue weighted by atomic mass is 9.84. The Morgan fingerprint density at radius 3 is 2.32 bits per heavy atom. The number of aromatic carboxylic acids is 1. The van der Waals surface area contributed by atoms with Gasteiger partial charge >= 0.3 is 5.97 Å². The fourth-order valence-electron chi connectivity index (χ4n) is 2.84. The standard InChI is InChI=1S/C17H18N2O3/c20-16(21)13-6-7-15(18-12-13)19-10-8-17(22,9-11-19)14-4-2-1-3-5-14/h1-7,12,22H,8-11H2,(H,20,21). The van der Waals surface area contributed by atoms with Gasteiger partial charge in [0.1, 0.15) is 5.82 Å². The SMILES string of the molecule is O=C(O)c1ccc(N2CCC(O)(c3ccccc3)CC2)nc1. The van der Waals surface area contributed by atoms with Crippen LogP contribution in [0, 0.1) is 0 Å². The van der Waals surface area contributed by atoms with Crippen molar-refractivity contribution in [2.24, 2.45) is 0 Å². The number of benzene rings is 1. The Bertz CT molecular complexity index is 647. The molecule has 1 aliphatic heterocycles. The Kier molecular flexibility index (Phi) is 3.81. The highest BCUT2D eigenvalue weighted by atomic mass is 16.4. The van der Waals surface area contributed by atoms with Gasteiger partial charge in [0.05, 0.1) is 11.2 Å². The van der Waals surface area contributed by atoms with Crippen LogP contribution in [-0.4, -0.2) is 34.3 Å². The summed E-state index contributed by atoms with van der Waals surface area (Å²) >= 11 is 0. The molecule has 0 amide bonds. The highest BCUT2D eigenvalue weighted by molar-refractivity contribution is 5.87. The molecule has 2 heterocycles. The second kappa shape index (κ2) is 5.77. The predicted octanol–water partition coefficient (Wildman–Crippen LogP) is 2.27. The van der Waals surface area contributed by atoms with Crippen molar-refractivity contribution >= 4 is 11.8 Å². The smallest absolute Gasteiger partial charge is 0.337 e. The first-order chi connectivity index (χ1) is 10.6. The molecule has 114 valence electrons. The zero-order valence-electron chi connectivity index (χ0n) is 12.1. The van der Waals surface area contributed by atoms with Crippen molar-refractivity contribution in [2.45, 2.75) is 18.4 Å². The molecule has 0 aliphatic carbocycles. The quantitative estimate of drug-likeness (QED) is 0.909. The predicted molar refractivity (Wildman–Crippen MR) is 83.0 cm³/mol. The number of hydrogen-bond acceptors (Lipinski definition) is 4. The molecule has 3 rings (SSSR count). The lowest BCUT2D eigenvalue weighted by Crippen LogP contribution is -2.43. The number of aliphatic hydroxyl groups is 1. The molecule has 5 nitrogen and oxygen atoms in total. The molecule has 2 N–H and O–H groups in total. The van der Waals surface area contributed by atoms with Crippen molar-refractivity contribution in [1.29, 1.82) is 0 Å². The number of carbonyl (C=O) groups is 1. The summed E-state index contributed by atoms with van der Waals surface area (Å²) < 4.78 is 0. The van der Waals surface area contributed by atoms with E-state index in [1.54, 1.807) is 12.1 Å². The van der Waals surface area contributed by atoms with Crippen LogP contribution in [0.4, 0.5) is 5.82 Å². The second-order valence-electron chi connectivity index (χ2n) is 5.59. The maximum Gasteiger partial charge on any atom is 0.337 e. The van der Waals surface area contributed by atoms with E-state index in [9.17, 15) is 9.90 Å². The topological polar surface area (TPSA) is 73.7 Å². The summed E-state index contributed by atoms with van der Waals surface area (Å²) in [5, 5.41) is 19.7. The Morgan fingerprint density at radius 2 is 1.77 bits per heavy atom. The lowest BCUT2D eigenvalue weighted by Gasteiger charge is -2.39. The minimum Gasteiger partial charge on any atom is -0.478 e. The molecule has 0 radical (unpaired) electrons. The molecule has 0 spiro atoms. The Hall–Kier alpha value is -2.40. The molecule has 0 atom stereocenters. The molecule has 1 aromatic heterocycles. The van der Waals surface area contributed by atoms with E-state index in [0.717, 1.165) is 11.4 Å². The Morgan fingerprint density at radius 1 is 1.09 bits per heavy atom. The summed E-state index contributed by atoms with van der Waals surface area (Å²) in [5.74, 6) is -0.226. The summed E-state index contributed by atoms with van der Waals surface area (Å²) in [4.78, 5) is 17.1. The molecule has 5 heteroatoms. The number of aromatic nitrogens is 1. The summed E-state index contributed by atoms with van der Waals surface area (Å²) in [6, 6.07) is 13.0. The molecule has 1 saturated heterocycles. The molecule has 2 aromatic rings. The van der Waals surface area contributed by atoms with Crippen LogP contribution in [0.3, 0.4) is 0 Å². The Balaban J connectivity index is 1.70. The number of anilines is 1. The van der Waals surface area contributed by atoms with Gasteiger partial charge in [0.25, 0.3) is 0 Å². The number of piperidine rings is 1. The molecule has 0 unspecified atom stereocenters. The zero-order valence-corrected chi connectivity index (χ0v) is 12.1. The summed E-state index contributed by atoms with van der Waals surface area (Å²) in [6.07, 6.45) is 2.62. The minimum absolute atomic E-state index is 0.182. The third-order valence-corrected chi connectivity index (χ3v) is 4.22. The number of nitrogens with zero attached hydrogens (tertiary/aromatic N) is 2. The van der Waals surface area contributed by atoms with Gasteiger partial charge in [-0.25, -0.2) is 9.78 Å². The lowest BCUT2D eigenvalue weighted by molar-refractivity contribution is 0.0116. The van der Waals surface area contributed by atoms with Crippen molar-refractivity contribution < 1.29 is 15.0 Å². The van der Waals surface area contributed by atoms with Crippen LogP contribution in [0.25, 0.3) is 0 Å². The van der Waals surface area contributed by atoms with Crippen LogP contribution in [0.1, 0.15) is 28.8 Å². The fourth-order valence-corrected chi connectivity index (χ4v) is 2.84. The van der Waals surface area contributed by atoms with Gasteiger partial charge in [0, 0.05) is 19.3 Å². The largest absolute Gasteiger partial charge is 0.478 e. The van der Waals surface area contributed by atoms with Crippen molar-refractivity contribution in [3.05, 3.63) is 59.8 Å². The first-order valence-corrected chi connectivity index (χ1v) is 7.31. The Labute approximate surface area is 128 Å². The number of pyridine rings is 1. The van der Waals surface area contributed by atoms with Crippen molar-refractivity contribution in [3.63, 3.8) is 0 Å². The van der Waals surface area contributed by atoms with Gasteiger partial charge in [-0.2, -0.15) is 0 Å². The van der Waals surface area contributed by atoms with Crippen LogP contribution in [0.2, 0.25) is 0 Å². The molecule has 0 saturated carbocycles. The van der Waals surface area contributed by atoms with E-state index in [1.807, 2.05) is 30.3 Å². The van der Waals surface area contributed by atoms with Gasteiger partial charge in [-0.3, -0.25) is 0 Å².